The summed E-state index contributed by atoms with van der Waals surface area (Å²) in [6.07, 6.45) is -1.98. The van der Waals surface area contributed by atoms with Gasteiger partial charge in [-0.05, 0) is 55.2 Å². The summed E-state index contributed by atoms with van der Waals surface area (Å²) in [4.78, 5) is 12.4. The van der Waals surface area contributed by atoms with Crippen molar-refractivity contribution in [3.05, 3.63) is 58.4 Å². The minimum Gasteiger partial charge on any atom is -0.390 e. The Morgan fingerprint density at radius 2 is 1.67 bits per heavy atom. The fourth-order valence-corrected chi connectivity index (χ4v) is 9.18. The summed E-state index contributed by atoms with van der Waals surface area (Å²) >= 11 is 6.25. The molecule has 1 amide bonds. The minimum absolute atomic E-state index is 0.00896. The van der Waals surface area contributed by atoms with E-state index < -0.39 is 90.3 Å². The molecule has 4 rings (SSSR count). The van der Waals surface area contributed by atoms with Gasteiger partial charge in [0.05, 0.1) is 39.2 Å². The van der Waals surface area contributed by atoms with Gasteiger partial charge < -0.3 is 20.6 Å². The van der Waals surface area contributed by atoms with Gasteiger partial charge in [-0.3, -0.25) is 4.79 Å². The van der Waals surface area contributed by atoms with E-state index in [4.69, 9.17) is 11.6 Å². The molecule has 2 aromatic carbocycles. The molecule has 7 atom stereocenters. The molecule has 2 saturated carbocycles. The number of amides is 1. The number of sulfonamides is 1. The van der Waals surface area contributed by atoms with E-state index in [1.54, 1.807) is 0 Å². The summed E-state index contributed by atoms with van der Waals surface area (Å²) in [5.41, 5.74) is -2.11. The molecule has 0 saturated heterocycles. The fraction of sp³-hybridized carbons (Fsp3) is 0.519. The van der Waals surface area contributed by atoms with Crippen LogP contribution in [0.3, 0.4) is 0 Å². The molecule has 2 aromatic rings. The molecule has 10 nitrogen and oxygen atoms in total. The maximum Gasteiger partial charge on any atom is 0.255 e. The molecule has 0 radical (unpaired) electrons. The molecule has 2 aliphatic rings. The number of carbonyl (C=O) groups excluding carboxylic acids is 1. The van der Waals surface area contributed by atoms with Crippen molar-refractivity contribution >= 4 is 43.1 Å². The Kier molecular flexibility index (Phi) is 9.58. The largest absolute Gasteiger partial charge is 0.390 e. The summed E-state index contributed by atoms with van der Waals surface area (Å²) in [7, 11) is -7.82. The van der Waals surface area contributed by atoms with Crippen LogP contribution in [0.25, 0.3) is 0 Å². The summed E-state index contributed by atoms with van der Waals surface area (Å²) in [6, 6.07) is 4.58. The van der Waals surface area contributed by atoms with Crippen LogP contribution in [0.2, 0.25) is 5.02 Å². The van der Waals surface area contributed by atoms with Gasteiger partial charge in [0.1, 0.15) is 0 Å². The van der Waals surface area contributed by atoms with E-state index >= 15 is 0 Å². The van der Waals surface area contributed by atoms with Crippen LogP contribution >= 0.6 is 11.6 Å². The Labute approximate surface area is 252 Å². The molecule has 2 bridgehead atoms. The van der Waals surface area contributed by atoms with Gasteiger partial charge in [-0.2, -0.15) is 0 Å². The monoisotopic (exact) mass is 668 g/mol. The zero-order chi connectivity index (χ0) is 32.1. The molecule has 43 heavy (non-hydrogen) atoms. The number of hydrogen-bond acceptors (Lipinski definition) is 8. The highest BCUT2D eigenvalue weighted by Crippen LogP contribution is 2.56. The lowest BCUT2D eigenvalue weighted by molar-refractivity contribution is -0.111. The van der Waals surface area contributed by atoms with Crippen LogP contribution in [0.5, 0.6) is 0 Å². The number of aliphatic hydroxyl groups is 3. The molecule has 16 heteroatoms. The average molecular weight is 669 g/mol. The first-order valence-corrected chi connectivity index (χ1v) is 17.2. The van der Waals surface area contributed by atoms with E-state index in [0.717, 1.165) is 12.3 Å². The zero-order valence-corrected chi connectivity index (χ0v) is 25.5. The van der Waals surface area contributed by atoms with Gasteiger partial charge >= 0.3 is 0 Å². The zero-order valence-electron chi connectivity index (χ0n) is 23.1. The Morgan fingerprint density at radius 3 is 2.26 bits per heavy atom. The van der Waals surface area contributed by atoms with Gasteiger partial charge in [0.2, 0.25) is 10.0 Å². The molecule has 5 N–H and O–H groups in total. The third kappa shape index (κ3) is 7.02. The number of anilines is 1. The molecule has 5 unspecified atom stereocenters. The van der Waals surface area contributed by atoms with E-state index in [9.17, 15) is 50.1 Å². The third-order valence-corrected chi connectivity index (χ3v) is 11.8. The van der Waals surface area contributed by atoms with E-state index in [2.05, 4.69) is 10.0 Å². The Bertz CT molecular complexity index is 1600. The molecular weight excluding hydrogens is 637 g/mol. The van der Waals surface area contributed by atoms with E-state index in [1.165, 1.54) is 12.1 Å². The average Bonchev–Trinajstić information content (AvgIpc) is 3.02. The second kappa shape index (κ2) is 12.3. The number of aliphatic hydroxyl groups excluding tert-OH is 2. The molecule has 238 valence electrons. The number of hydrogen-bond donors (Lipinski definition) is 5. The fourth-order valence-electron chi connectivity index (χ4n) is 6.33. The van der Waals surface area contributed by atoms with Crippen molar-refractivity contribution in [2.24, 2.45) is 17.8 Å². The van der Waals surface area contributed by atoms with Gasteiger partial charge in [0, 0.05) is 36.3 Å². The second-order valence-electron chi connectivity index (χ2n) is 11.5. The van der Waals surface area contributed by atoms with Crippen LogP contribution in [0.4, 0.5) is 18.9 Å². The van der Waals surface area contributed by atoms with Gasteiger partial charge in [0.15, 0.2) is 27.3 Å². The molecule has 2 aliphatic carbocycles. The quantitative estimate of drug-likeness (QED) is 0.241. The Hall–Kier alpha value is -2.27. The second-order valence-corrected chi connectivity index (χ2v) is 15.9. The molecule has 0 aromatic heterocycles. The third-order valence-electron chi connectivity index (χ3n) is 8.47. The van der Waals surface area contributed by atoms with Crippen molar-refractivity contribution in [1.82, 2.24) is 4.72 Å². The number of benzene rings is 2. The van der Waals surface area contributed by atoms with Crippen LogP contribution in [0.1, 0.15) is 43.0 Å². The van der Waals surface area contributed by atoms with Crippen molar-refractivity contribution in [3.8, 4) is 0 Å². The number of sulfone groups is 1. The van der Waals surface area contributed by atoms with Crippen LogP contribution in [0.15, 0.2) is 35.2 Å². The molecule has 0 aliphatic heterocycles. The van der Waals surface area contributed by atoms with Gasteiger partial charge in [-0.25, -0.2) is 34.7 Å². The Morgan fingerprint density at radius 1 is 1.05 bits per heavy atom. The standard InChI is InChI=1S/C27H32ClF3N2O8S2/c1-13-5-15-7-17(10-18(13)27(15,37)11-22(34)23(35)12-32-42(2,38)39)43(40,41)24-6-14(3-4-19(24)28)26(36)33-16-8-20(29)25(31)21(30)9-16/h3-4,6,8-9,13,15,17-18,22-23,32,34-35,37H,5,7,10-12H2,1-2H3,(H,33,36)/t13-,15?,17?,18?,22?,23?,27+/m0/s1. The topological polar surface area (TPSA) is 170 Å². The smallest absolute Gasteiger partial charge is 0.255 e. The number of halogens is 4. The first kappa shape index (κ1) is 33.6. The lowest BCUT2D eigenvalue weighted by atomic mass is 9.70. The normalized spacial score (nSPS) is 27.1. The van der Waals surface area contributed by atoms with Crippen molar-refractivity contribution in [1.29, 1.82) is 0 Å². The summed E-state index contributed by atoms with van der Waals surface area (Å²) < 4.78 is 92.8. The maximum atomic E-state index is 13.8. The highest BCUT2D eigenvalue weighted by Gasteiger charge is 2.59. The first-order chi connectivity index (χ1) is 19.8. The summed E-state index contributed by atoms with van der Waals surface area (Å²) in [6.45, 7) is 1.38. The van der Waals surface area contributed by atoms with Crippen molar-refractivity contribution < 1.29 is 50.1 Å². The summed E-state index contributed by atoms with van der Waals surface area (Å²) in [5.74, 6) is -7.01. The predicted molar refractivity (Wildman–Crippen MR) is 151 cm³/mol. The lowest BCUT2D eigenvalue weighted by Gasteiger charge is -2.44. The number of rotatable bonds is 10. The minimum atomic E-state index is -4.19. The van der Waals surface area contributed by atoms with Crippen molar-refractivity contribution in [3.63, 3.8) is 0 Å². The first-order valence-electron chi connectivity index (χ1n) is 13.4. The van der Waals surface area contributed by atoms with Crippen LogP contribution in [0, 0.1) is 35.2 Å². The molecule has 0 heterocycles. The highest BCUT2D eigenvalue weighted by atomic mass is 35.5. The summed E-state index contributed by atoms with van der Waals surface area (Å²) in [5, 5.41) is 33.5. The highest BCUT2D eigenvalue weighted by molar-refractivity contribution is 7.92. The van der Waals surface area contributed by atoms with Crippen LogP contribution in [-0.2, 0) is 19.9 Å². The van der Waals surface area contributed by atoms with Crippen LogP contribution in [-0.4, -0.2) is 73.9 Å². The maximum absolute atomic E-state index is 13.8. The Balaban J connectivity index is 1.53. The van der Waals surface area contributed by atoms with Crippen molar-refractivity contribution in [2.75, 3.05) is 18.1 Å². The van der Waals surface area contributed by atoms with E-state index in [1.807, 2.05) is 6.92 Å². The number of fused-ring (bicyclic) bond motifs is 2. The predicted octanol–water partition coefficient (Wildman–Crippen LogP) is 2.61. The van der Waals surface area contributed by atoms with E-state index in [0.29, 0.717) is 18.6 Å². The van der Waals surface area contributed by atoms with Crippen molar-refractivity contribution in [2.45, 2.75) is 60.6 Å². The molecule has 0 spiro atoms. The SMILES string of the molecule is C[C@H]1CC2CC(S(=O)(=O)c3cc(C(=O)Nc4cc(F)c(F)c(F)c4)ccc3Cl)CC1[C@@]2(O)CC(O)C(O)CNS(C)(=O)=O. The van der Waals surface area contributed by atoms with Gasteiger partial charge in [-0.1, -0.05) is 18.5 Å². The van der Waals surface area contributed by atoms with Crippen LogP contribution < -0.4 is 10.0 Å². The molecule has 2 fully saturated rings. The lowest BCUT2D eigenvalue weighted by Crippen LogP contribution is -2.52. The number of nitrogens with one attached hydrogen (secondary N) is 2. The van der Waals surface area contributed by atoms with E-state index in [-0.39, 0.29) is 40.7 Å². The molecular formula is C27H32ClF3N2O8S2. The number of carbonyl (C=O) groups is 1. The van der Waals surface area contributed by atoms with Gasteiger partial charge in [0.25, 0.3) is 5.91 Å². The van der Waals surface area contributed by atoms with Gasteiger partial charge in [-0.15, -0.1) is 0 Å².